The van der Waals surface area contributed by atoms with Gasteiger partial charge in [-0.3, -0.25) is 10.1 Å². The number of carbonyl (C=O) groups excluding carboxylic acids is 1. The van der Waals surface area contributed by atoms with E-state index in [0.717, 1.165) is 4.70 Å². The molecule has 0 aliphatic carbocycles. The Labute approximate surface area is 154 Å². The minimum absolute atomic E-state index is 0.0536. The first-order valence-corrected chi connectivity index (χ1v) is 8.99. The van der Waals surface area contributed by atoms with E-state index in [2.05, 4.69) is 31.1 Å². The molecule has 6 heteroatoms. The Balaban J connectivity index is 1.83. The van der Waals surface area contributed by atoms with Crippen LogP contribution in [0.25, 0.3) is 10.2 Å². The summed E-state index contributed by atoms with van der Waals surface area (Å²) in [6.07, 6.45) is 0. The van der Waals surface area contributed by atoms with Gasteiger partial charge in [-0.15, -0.1) is 0 Å². The number of aromatic nitrogens is 1. The lowest BCUT2D eigenvalue weighted by Crippen LogP contribution is -2.14. The number of thiazole rings is 1. The molecule has 0 aliphatic heterocycles. The van der Waals surface area contributed by atoms with Crippen molar-refractivity contribution in [2.45, 2.75) is 26.2 Å². The standard InChI is InChI=1S/C18H16Cl2N2OS/c1-18(2,3)11-6-4-10(5-7-11)16(23)22-17-21-15-13(24-17)9-8-12(19)14(15)20/h4-9H,1-3H3,(H,21,22,23). The highest BCUT2D eigenvalue weighted by molar-refractivity contribution is 7.22. The molecule has 0 fully saturated rings. The highest BCUT2D eigenvalue weighted by atomic mass is 35.5. The van der Waals surface area contributed by atoms with Crippen molar-refractivity contribution in [3.63, 3.8) is 0 Å². The topological polar surface area (TPSA) is 42.0 Å². The molecule has 0 saturated heterocycles. The predicted molar refractivity (Wildman–Crippen MR) is 103 cm³/mol. The summed E-state index contributed by atoms with van der Waals surface area (Å²) in [6, 6.07) is 11.2. The van der Waals surface area contributed by atoms with E-state index in [1.807, 2.05) is 30.3 Å². The van der Waals surface area contributed by atoms with Crippen molar-refractivity contribution in [1.82, 2.24) is 4.98 Å². The second-order valence-corrected chi connectivity index (χ2v) is 8.32. The van der Waals surface area contributed by atoms with Gasteiger partial charge in [0.2, 0.25) is 0 Å². The number of carbonyl (C=O) groups is 1. The molecule has 3 aromatic rings. The number of amides is 1. The summed E-state index contributed by atoms with van der Waals surface area (Å²) in [7, 11) is 0. The van der Waals surface area contributed by atoms with Crippen molar-refractivity contribution in [2.24, 2.45) is 0 Å². The van der Waals surface area contributed by atoms with Gasteiger partial charge in [0.1, 0.15) is 5.52 Å². The molecule has 2 aromatic carbocycles. The fourth-order valence-electron chi connectivity index (χ4n) is 2.28. The molecule has 3 nitrogen and oxygen atoms in total. The average molecular weight is 379 g/mol. The Morgan fingerprint density at radius 3 is 2.38 bits per heavy atom. The number of nitrogens with one attached hydrogen (secondary N) is 1. The average Bonchev–Trinajstić information content (AvgIpc) is 2.94. The maximum Gasteiger partial charge on any atom is 0.257 e. The van der Waals surface area contributed by atoms with Crippen LogP contribution >= 0.6 is 34.5 Å². The summed E-state index contributed by atoms with van der Waals surface area (Å²) in [5.74, 6) is -0.197. The Morgan fingerprint density at radius 2 is 1.75 bits per heavy atom. The van der Waals surface area contributed by atoms with E-state index in [-0.39, 0.29) is 11.3 Å². The second kappa shape index (κ2) is 6.36. The molecule has 1 aromatic heterocycles. The number of benzene rings is 2. The van der Waals surface area contributed by atoms with Crippen LogP contribution in [0, 0.1) is 0 Å². The van der Waals surface area contributed by atoms with Crippen LogP contribution in [0.4, 0.5) is 5.13 Å². The highest BCUT2D eigenvalue weighted by Crippen LogP contribution is 2.35. The number of anilines is 1. The van der Waals surface area contributed by atoms with Gasteiger partial charge in [0.15, 0.2) is 5.13 Å². The minimum atomic E-state index is -0.197. The molecule has 0 spiro atoms. The lowest BCUT2D eigenvalue weighted by atomic mass is 9.87. The van der Waals surface area contributed by atoms with E-state index in [4.69, 9.17) is 23.2 Å². The van der Waals surface area contributed by atoms with Gasteiger partial charge in [-0.1, -0.05) is 67.4 Å². The zero-order valence-corrected chi connectivity index (χ0v) is 15.8. The van der Waals surface area contributed by atoms with Gasteiger partial charge >= 0.3 is 0 Å². The number of halogens is 2. The van der Waals surface area contributed by atoms with E-state index < -0.39 is 0 Å². The van der Waals surface area contributed by atoms with Crippen LogP contribution in [-0.2, 0) is 5.41 Å². The van der Waals surface area contributed by atoms with Gasteiger partial charge in [0.25, 0.3) is 5.91 Å². The quantitative estimate of drug-likeness (QED) is 0.580. The maximum atomic E-state index is 12.4. The highest BCUT2D eigenvalue weighted by Gasteiger charge is 2.16. The third-order valence-electron chi connectivity index (χ3n) is 3.69. The molecular formula is C18H16Cl2N2OS. The SMILES string of the molecule is CC(C)(C)c1ccc(C(=O)Nc2nc3c(Cl)c(Cl)ccc3s2)cc1. The molecule has 1 amide bonds. The van der Waals surface area contributed by atoms with Gasteiger partial charge in [0.05, 0.1) is 14.7 Å². The summed E-state index contributed by atoms with van der Waals surface area (Å²) in [5, 5.41) is 4.17. The van der Waals surface area contributed by atoms with Crippen LogP contribution in [0.3, 0.4) is 0 Å². The fourth-order valence-corrected chi connectivity index (χ4v) is 3.57. The molecule has 0 aliphatic rings. The van der Waals surface area contributed by atoms with Gasteiger partial charge in [-0.2, -0.15) is 0 Å². The summed E-state index contributed by atoms with van der Waals surface area (Å²) >= 11 is 13.5. The Morgan fingerprint density at radius 1 is 1.08 bits per heavy atom. The number of hydrogen-bond donors (Lipinski definition) is 1. The van der Waals surface area contributed by atoms with Crippen LogP contribution in [0.2, 0.25) is 10.0 Å². The van der Waals surface area contributed by atoms with Crippen molar-refractivity contribution in [2.75, 3.05) is 5.32 Å². The van der Waals surface area contributed by atoms with Crippen molar-refractivity contribution < 1.29 is 4.79 Å². The lowest BCUT2D eigenvalue weighted by Gasteiger charge is -2.18. The number of fused-ring (bicyclic) bond motifs is 1. The van der Waals surface area contributed by atoms with E-state index in [9.17, 15) is 4.79 Å². The van der Waals surface area contributed by atoms with Crippen LogP contribution < -0.4 is 5.32 Å². The molecule has 124 valence electrons. The zero-order chi connectivity index (χ0) is 17.5. The number of rotatable bonds is 2. The molecule has 0 saturated carbocycles. The van der Waals surface area contributed by atoms with E-state index in [0.29, 0.717) is 26.3 Å². The van der Waals surface area contributed by atoms with Gasteiger partial charge in [-0.05, 0) is 35.2 Å². The molecule has 1 N–H and O–H groups in total. The second-order valence-electron chi connectivity index (χ2n) is 6.51. The first kappa shape index (κ1) is 17.2. The number of nitrogens with zero attached hydrogens (tertiary/aromatic N) is 1. The predicted octanol–water partition coefficient (Wildman–Crippen LogP) is 6.15. The minimum Gasteiger partial charge on any atom is -0.298 e. The van der Waals surface area contributed by atoms with Crippen LogP contribution in [0.5, 0.6) is 0 Å². The zero-order valence-electron chi connectivity index (χ0n) is 13.5. The van der Waals surface area contributed by atoms with Gasteiger partial charge in [-0.25, -0.2) is 4.98 Å². The van der Waals surface area contributed by atoms with Crippen LogP contribution in [-0.4, -0.2) is 10.9 Å². The van der Waals surface area contributed by atoms with Crippen LogP contribution in [0.1, 0.15) is 36.7 Å². The van der Waals surface area contributed by atoms with Gasteiger partial charge in [0, 0.05) is 5.56 Å². The Hall–Kier alpha value is -1.62. The Kier molecular flexibility index (Phi) is 4.56. The van der Waals surface area contributed by atoms with E-state index in [1.165, 1.54) is 16.9 Å². The van der Waals surface area contributed by atoms with Gasteiger partial charge < -0.3 is 0 Å². The summed E-state index contributed by atoms with van der Waals surface area (Å²) < 4.78 is 0.878. The normalized spacial score (nSPS) is 11.7. The van der Waals surface area contributed by atoms with E-state index >= 15 is 0 Å². The summed E-state index contributed by atoms with van der Waals surface area (Å²) in [4.78, 5) is 16.8. The molecule has 0 radical (unpaired) electrons. The smallest absolute Gasteiger partial charge is 0.257 e. The lowest BCUT2D eigenvalue weighted by molar-refractivity contribution is 0.102. The van der Waals surface area contributed by atoms with E-state index in [1.54, 1.807) is 6.07 Å². The summed E-state index contributed by atoms with van der Waals surface area (Å²) in [6.45, 7) is 6.41. The molecule has 3 rings (SSSR count). The van der Waals surface area contributed by atoms with Crippen LogP contribution in [0.15, 0.2) is 36.4 Å². The first-order valence-electron chi connectivity index (χ1n) is 7.42. The molecule has 24 heavy (non-hydrogen) atoms. The molecule has 0 unspecified atom stereocenters. The fraction of sp³-hybridized carbons (Fsp3) is 0.222. The first-order chi connectivity index (χ1) is 11.3. The maximum absolute atomic E-state index is 12.4. The third-order valence-corrected chi connectivity index (χ3v) is 5.42. The third kappa shape index (κ3) is 3.41. The largest absolute Gasteiger partial charge is 0.298 e. The molecular weight excluding hydrogens is 363 g/mol. The molecule has 1 heterocycles. The van der Waals surface area contributed by atoms with Crippen molar-refractivity contribution >= 4 is 55.8 Å². The monoisotopic (exact) mass is 378 g/mol. The number of hydrogen-bond acceptors (Lipinski definition) is 3. The van der Waals surface area contributed by atoms with Crippen molar-refractivity contribution in [3.8, 4) is 0 Å². The van der Waals surface area contributed by atoms with Crippen molar-refractivity contribution in [3.05, 3.63) is 57.6 Å². The van der Waals surface area contributed by atoms with Crippen molar-refractivity contribution in [1.29, 1.82) is 0 Å². The molecule has 0 bridgehead atoms. The molecule has 0 atom stereocenters. The summed E-state index contributed by atoms with van der Waals surface area (Å²) in [5.41, 5.74) is 2.43. The Bertz CT molecular complexity index is 911.